The number of ether oxygens (including phenoxy) is 2. The minimum atomic E-state index is -0.730. The maximum atomic E-state index is 13.9. The number of nitrogens with one attached hydrogen (secondary N) is 4. The van der Waals surface area contributed by atoms with Gasteiger partial charge in [-0.1, -0.05) is 57.7 Å². The number of alkyl carbamates (subject to hydrolysis) is 2. The van der Waals surface area contributed by atoms with Crippen molar-refractivity contribution in [2.75, 3.05) is 27.3 Å². The summed E-state index contributed by atoms with van der Waals surface area (Å²) in [6.45, 7) is 8.69. The van der Waals surface area contributed by atoms with Gasteiger partial charge < -0.3 is 39.9 Å². The van der Waals surface area contributed by atoms with Gasteiger partial charge in [0.15, 0.2) is 0 Å². The molecule has 298 valence electrons. The third kappa shape index (κ3) is 8.52. The highest BCUT2D eigenvalue weighted by Gasteiger charge is 2.41. The molecule has 0 spiro atoms. The van der Waals surface area contributed by atoms with Gasteiger partial charge >= 0.3 is 12.2 Å². The molecule has 7 rings (SSSR count). The van der Waals surface area contributed by atoms with E-state index in [2.05, 4.69) is 43.5 Å². The van der Waals surface area contributed by atoms with Gasteiger partial charge in [-0.05, 0) is 84.9 Å². The number of carbonyl (C=O) groups excluding carboxylic acids is 4. The van der Waals surface area contributed by atoms with Crippen molar-refractivity contribution in [2.45, 2.75) is 77.5 Å². The van der Waals surface area contributed by atoms with Crippen molar-refractivity contribution in [1.29, 1.82) is 0 Å². The van der Waals surface area contributed by atoms with Crippen LogP contribution >= 0.6 is 0 Å². The number of carbonyl (C=O) groups is 4. The predicted molar refractivity (Wildman–Crippen MR) is 213 cm³/mol. The lowest BCUT2D eigenvalue weighted by Crippen LogP contribution is -2.51. The van der Waals surface area contributed by atoms with Crippen molar-refractivity contribution < 1.29 is 28.7 Å². The summed E-state index contributed by atoms with van der Waals surface area (Å²) in [5, 5.41) is 5.41. The molecule has 0 radical (unpaired) electrons. The van der Waals surface area contributed by atoms with Crippen LogP contribution in [0.5, 0.6) is 0 Å². The summed E-state index contributed by atoms with van der Waals surface area (Å²) in [4.78, 5) is 71.5. The van der Waals surface area contributed by atoms with E-state index in [1.54, 1.807) is 16.0 Å². The van der Waals surface area contributed by atoms with Gasteiger partial charge in [0.05, 0.1) is 43.2 Å². The molecule has 57 heavy (non-hydrogen) atoms. The Balaban J connectivity index is 1.04. The summed E-state index contributed by atoms with van der Waals surface area (Å²) in [6.07, 6.45) is 6.51. The Labute approximate surface area is 332 Å². The maximum absolute atomic E-state index is 13.9. The monoisotopic (exact) mass is 774 g/mol. The molecule has 4 N–H and O–H groups in total. The minimum Gasteiger partial charge on any atom is -0.453 e. The summed E-state index contributed by atoms with van der Waals surface area (Å²) in [5.74, 6) is 7.82. The van der Waals surface area contributed by atoms with Gasteiger partial charge in [-0.3, -0.25) is 9.59 Å². The molecule has 1 saturated heterocycles. The number of likely N-dealkylation sites (tertiary alicyclic amines) is 1. The molecule has 1 aliphatic carbocycles. The number of aromatic amines is 2. The number of imidazole rings is 2. The molecular weight excluding hydrogens is 725 g/mol. The van der Waals surface area contributed by atoms with E-state index in [4.69, 9.17) is 14.5 Å². The number of nitrogens with zero attached hydrogens (tertiary/aromatic N) is 4. The van der Waals surface area contributed by atoms with E-state index in [1.807, 2.05) is 70.2 Å². The highest BCUT2D eigenvalue weighted by Crippen LogP contribution is 2.43. The fourth-order valence-electron chi connectivity index (χ4n) is 7.65. The molecule has 0 unspecified atom stereocenters. The standard InChI is InChI=1S/C43H50N8O6/c1-24(2)36(48-42(54)56-5)40(52)50-19-7-8-34(50)38-44-22-33(47-38)29-14-11-26(12-15-29)9-10-27-13-18-31-32(20-27)46-39(45-31)35-21-30(28-16-17-28)23-51(35)41(53)37(25(3)4)49-43(55)57-6/h11-15,18,20-22,24-25,28,34-37H,7-8,16-17,19,23H2,1-6H3,(H,44,47)(H,45,46)(H,48,54)(H,49,55)/t34-,35-,36-,37-/m0/s1. The third-order valence-electron chi connectivity index (χ3n) is 11.0. The molecule has 2 fully saturated rings. The number of fused-ring (bicyclic) bond motifs is 1. The molecular formula is C43H50N8O6. The van der Waals surface area contributed by atoms with E-state index in [9.17, 15) is 19.2 Å². The van der Waals surface area contributed by atoms with Crippen molar-refractivity contribution in [3.05, 3.63) is 83.1 Å². The summed E-state index contributed by atoms with van der Waals surface area (Å²) < 4.78 is 9.56. The smallest absolute Gasteiger partial charge is 0.407 e. The number of rotatable bonds is 10. The number of amides is 4. The van der Waals surface area contributed by atoms with Crippen molar-refractivity contribution in [1.82, 2.24) is 40.4 Å². The van der Waals surface area contributed by atoms with Gasteiger partial charge in [0, 0.05) is 24.2 Å². The highest BCUT2D eigenvalue weighted by molar-refractivity contribution is 5.88. The summed E-state index contributed by atoms with van der Waals surface area (Å²) in [5.41, 5.74) is 6.25. The molecule has 2 aromatic heterocycles. The van der Waals surface area contributed by atoms with Gasteiger partial charge in [0.25, 0.3) is 0 Å². The van der Waals surface area contributed by atoms with Gasteiger partial charge in [-0.2, -0.15) is 0 Å². The van der Waals surface area contributed by atoms with Crippen LogP contribution in [0.1, 0.15) is 88.2 Å². The van der Waals surface area contributed by atoms with Gasteiger partial charge in [0.2, 0.25) is 11.8 Å². The number of benzene rings is 2. The Bertz CT molecular complexity index is 2240. The second kappa shape index (κ2) is 16.6. The Kier molecular flexibility index (Phi) is 11.4. The van der Waals surface area contributed by atoms with E-state index in [0.717, 1.165) is 59.1 Å². The first kappa shape index (κ1) is 39.1. The van der Waals surface area contributed by atoms with Crippen LogP contribution in [0.4, 0.5) is 9.59 Å². The topological polar surface area (TPSA) is 175 Å². The third-order valence-corrected chi connectivity index (χ3v) is 11.0. The molecule has 14 nitrogen and oxygen atoms in total. The molecule has 2 aliphatic heterocycles. The van der Waals surface area contributed by atoms with Crippen LogP contribution in [0.3, 0.4) is 0 Å². The van der Waals surface area contributed by atoms with Gasteiger partial charge in [0.1, 0.15) is 29.8 Å². The fourth-order valence-corrected chi connectivity index (χ4v) is 7.65. The SMILES string of the molecule is COC(=O)N[C@H](C(=O)N1CC(C2CC2)=C[C@H]1c1nc2ccc(C#Cc3ccc(-c4cnc([C@@H]5CCCN5C(=O)[C@@H](NC(=O)OC)C(C)C)[nH]4)cc3)cc2[nH]1)C(C)C. The Morgan fingerprint density at radius 2 is 1.44 bits per heavy atom. The van der Waals surface area contributed by atoms with E-state index < -0.39 is 24.3 Å². The van der Waals surface area contributed by atoms with Crippen LogP contribution in [-0.4, -0.2) is 93.1 Å². The van der Waals surface area contributed by atoms with E-state index in [0.29, 0.717) is 30.7 Å². The predicted octanol–water partition coefficient (Wildman–Crippen LogP) is 6.00. The molecule has 1 saturated carbocycles. The molecule has 4 atom stereocenters. The zero-order valence-electron chi connectivity index (χ0n) is 33.2. The van der Waals surface area contributed by atoms with Crippen LogP contribution in [-0.2, 0) is 19.1 Å². The first-order valence-electron chi connectivity index (χ1n) is 19.6. The second-order valence-corrected chi connectivity index (χ2v) is 15.7. The van der Waals surface area contributed by atoms with Crippen LogP contribution in [0.25, 0.3) is 22.3 Å². The number of H-pyrrole nitrogens is 2. The molecule has 0 bridgehead atoms. The molecule has 3 aliphatic rings. The van der Waals surface area contributed by atoms with Crippen LogP contribution in [0, 0.1) is 29.6 Å². The lowest BCUT2D eigenvalue weighted by Gasteiger charge is -2.30. The summed E-state index contributed by atoms with van der Waals surface area (Å²) in [7, 11) is 2.58. The number of methoxy groups -OCH3 is 2. The molecule has 4 heterocycles. The van der Waals surface area contributed by atoms with E-state index >= 15 is 0 Å². The lowest BCUT2D eigenvalue weighted by atomic mass is 10.0. The Hall–Kier alpha value is -6.10. The normalized spacial score (nSPS) is 18.9. The van der Waals surface area contributed by atoms with Crippen LogP contribution < -0.4 is 10.6 Å². The highest BCUT2D eigenvalue weighted by atomic mass is 16.5. The van der Waals surface area contributed by atoms with E-state index in [-0.39, 0.29) is 35.7 Å². The molecule has 4 amide bonds. The number of hydrogen-bond acceptors (Lipinski definition) is 8. The largest absolute Gasteiger partial charge is 0.453 e. The minimum absolute atomic E-state index is 0.111. The average molecular weight is 775 g/mol. The van der Waals surface area contributed by atoms with Crippen molar-refractivity contribution in [2.24, 2.45) is 17.8 Å². The molecule has 4 aromatic rings. The summed E-state index contributed by atoms with van der Waals surface area (Å²) in [6, 6.07) is 11.7. The zero-order chi connectivity index (χ0) is 40.4. The molecule has 2 aromatic carbocycles. The first-order valence-corrected chi connectivity index (χ1v) is 19.6. The average Bonchev–Trinajstić information content (AvgIpc) is 3.59. The van der Waals surface area contributed by atoms with Crippen LogP contribution in [0.2, 0.25) is 0 Å². The van der Waals surface area contributed by atoms with Crippen molar-refractivity contribution in [3.63, 3.8) is 0 Å². The Morgan fingerprint density at radius 1 is 0.807 bits per heavy atom. The van der Waals surface area contributed by atoms with Crippen molar-refractivity contribution in [3.8, 4) is 23.1 Å². The van der Waals surface area contributed by atoms with Crippen molar-refractivity contribution >= 4 is 35.0 Å². The fraction of sp³-hybridized carbons (Fsp3) is 0.442. The molecule has 14 heteroatoms. The van der Waals surface area contributed by atoms with Gasteiger partial charge in [-0.25, -0.2) is 19.6 Å². The lowest BCUT2D eigenvalue weighted by molar-refractivity contribution is -0.136. The maximum Gasteiger partial charge on any atom is 0.407 e. The summed E-state index contributed by atoms with van der Waals surface area (Å²) >= 11 is 0. The Morgan fingerprint density at radius 3 is 2.07 bits per heavy atom. The zero-order valence-corrected chi connectivity index (χ0v) is 33.2. The second-order valence-electron chi connectivity index (χ2n) is 15.7. The first-order chi connectivity index (χ1) is 27.4. The van der Waals surface area contributed by atoms with Gasteiger partial charge in [-0.15, -0.1) is 0 Å². The number of aromatic nitrogens is 4. The number of hydrogen-bond donors (Lipinski definition) is 4. The van der Waals surface area contributed by atoms with Crippen LogP contribution in [0.15, 0.2) is 60.3 Å². The van der Waals surface area contributed by atoms with E-state index in [1.165, 1.54) is 19.8 Å². The quantitative estimate of drug-likeness (QED) is 0.112.